The average Bonchev–Trinajstić information content (AvgIpc) is 2.54. The van der Waals surface area contributed by atoms with Crippen molar-refractivity contribution in [3.8, 4) is 0 Å². The molecule has 0 aromatic heterocycles. The van der Waals surface area contributed by atoms with Gasteiger partial charge in [0.05, 0.1) is 11.2 Å². The Kier molecular flexibility index (Phi) is 5.18. The highest BCUT2D eigenvalue weighted by Gasteiger charge is 2.52. The molecule has 116 valence electrons. The molecule has 2 N–H and O–H groups in total. The monoisotopic (exact) mass is 295 g/mol. The number of aryl methyl sites for hydroxylation is 2. The maximum atomic E-state index is 13.7. The van der Waals surface area contributed by atoms with Crippen LogP contribution in [0.1, 0.15) is 38.8 Å². The number of nitrogens with two attached hydrogens (primary N) is 1. The fourth-order valence-corrected chi connectivity index (χ4v) is 2.07. The second-order valence-corrected chi connectivity index (χ2v) is 6.18. The quantitative estimate of drug-likeness (QED) is 0.635. The van der Waals surface area contributed by atoms with Gasteiger partial charge in [0, 0.05) is 0 Å². The van der Waals surface area contributed by atoms with Crippen LogP contribution in [-0.2, 0) is 14.1 Å². The van der Waals surface area contributed by atoms with Gasteiger partial charge in [-0.05, 0) is 58.6 Å². The van der Waals surface area contributed by atoms with Gasteiger partial charge in [-0.3, -0.25) is 4.79 Å². The molecule has 0 atom stereocenters. The van der Waals surface area contributed by atoms with Crippen LogP contribution in [-0.4, -0.2) is 24.7 Å². The fraction of sp³-hybridized carbons (Fsp3) is 0.533. The molecule has 21 heavy (non-hydrogen) atoms. The molecule has 2 rings (SSSR count). The summed E-state index contributed by atoms with van der Waals surface area (Å²) >= 11 is 0. The van der Waals surface area contributed by atoms with E-state index in [1.807, 2.05) is 40.7 Å². The van der Waals surface area contributed by atoms with Crippen LogP contribution >= 0.6 is 0 Å². The van der Waals surface area contributed by atoms with Crippen molar-refractivity contribution in [2.75, 3.05) is 0 Å². The van der Waals surface area contributed by atoms with Crippen molar-refractivity contribution in [2.45, 2.75) is 52.7 Å². The molecular formula is C15H23BFNO3. The third-order valence-corrected chi connectivity index (χ3v) is 4.05. The second-order valence-electron chi connectivity index (χ2n) is 6.18. The van der Waals surface area contributed by atoms with E-state index < -0.39 is 18.3 Å². The Balaban J connectivity index is 0.000000677. The number of halogens is 1. The first-order valence-corrected chi connectivity index (χ1v) is 6.83. The predicted octanol–water partition coefficient (Wildman–Crippen LogP) is 1.84. The summed E-state index contributed by atoms with van der Waals surface area (Å²) in [6.45, 7) is 11.7. The Hall–Kier alpha value is -1.40. The first-order valence-electron chi connectivity index (χ1n) is 6.83. The van der Waals surface area contributed by atoms with Crippen molar-refractivity contribution >= 4 is 19.0 Å². The molecule has 1 fully saturated rings. The molecule has 0 saturated carbocycles. The Morgan fingerprint density at radius 2 is 1.52 bits per heavy atom. The van der Waals surface area contributed by atoms with Gasteiger partial charge in [-0.25, -0.2) is 4.39 Å². The van der Waals surface area contributed by atoms with Crippen molar-refractivity contribution in [3.05, 3.63) is 29.1 Å². The Morgan fingerprint density at radius 1 is 1.10 bits per heavy atom. The topological polar surface area (TPSA) is 61.6 Å². The standard InChI is InChI=1S/C14H20BFO2.CH3NO/c1-9-7-10(2)12(16)8-11(9)15-17-13(3,4)14(5,6)18-15;2-1-3/h7-8H,1-6H3;1H,(H2,2,3). The van der Waals surface area contributed by atoms with Crippen molar-refractivity contribution < 1.29 is 18.5 Å². The van der Waals surface area contributed by atoms with Crippen LogP contribution in [0.5, 0.6) is 0 Å². The number of carbonyl (C=O) groups is 1. The maximum Gasteiger partial charge on any atom is 0.495 e. The van der Waals surface area contributed by atoms with E-state index in [0.29, 0.717) is 5.56 Å². The molecule has 0 unspecified atom stereocenters. The highest BCUT2D eigenvalue weighted by molar-refractivity contribution is 6.62. The molecule has 1 aromatic carbocycles. The largest absolute Gasteiger partial charge is 0.495 e. The van der Waals surface area contributed by atoms with Crippen LogP contribution in [0.2, 0.25) is 0 Å². The van der Waals surface area contributed by atoms with E-state index in [0.717, 1.165) is 11.0 Å². The summed E-state index contributed by atoms with van der Waals surface area (Å²) in [7, 11) is -0.495. The number of rotatable bonds is 1. The van der Waals surface area contributed by atoms with Crippen LogP contribution in [0.3, 0.4) is 0 Å². The van der Waals surface area contributed by atoms with Crippen LogP contribution in [0.4, 0.5) is 4.39 Å². The molecule has 1 aliphatic rings. The Morgan fingerprint density at radius 3 is 1.95 bits per heavy atom. The third-order valence-electron chi connectivity index (χ3n) is 4.05. The van der Waals surface area contributed by atoms with Crippen molar-refractivity contribution in [2.24, 2.45) is 5.73 Å². The summed E-state index contributed by atoms with van der Waals surface area (Å²) < 4.78 is 25.6. The fourth-order valence-electron chi connectivity index (χ4n) is 2.07. The zero-order valence-electron chi connectivity index (χ0n) is 13.5. The van der Waals surface area contributed by atoms with Crippen LogP contribution in [0, 0.1) is 19.7 Å². The minimum atomic E-state index is -0.495. The zero-order valence-corrected chi connectivity index (χ0v) is 13.5. The second kappa shape index (κ2) is 6.16. The van der Waals surface area contributed by atoms with Crippen molar-refractivity contribution in [1.29, 1.82) is 0 Å². The smallest absolute Gasteiger partial charge is 0.399 e. The van der Waals surface area contributed by atoms with Gasteiger partial charge >= 0.3 is 7.12 Å². The number of hydrogen-bond donors (Lipinski definition) is 1. The lowest BCUT2D eigenvalue weighted by Gasteiger charge is -2.32. The highest BCUT2D eigenvalue weighted by Crippen LogP contribution is 2.36. The lowest BCUT2D eigenvalue weighted by atomic mass is 9.76. The Labute approximate surface area is 126 Å². The summed E-state index contributed by atoms with van der Waals surface area (Å²) in [4.78, 5) is 8.58. The SMILES string of the molecule is Cc1cc(C)c(B2OC(C)(C)C(C)(C)O2)cc1F.NC=O. The van der Waals surface area contributed by atoms with Crippen LogP contribution in [0.15, 0.2) is 12.1 Å². The van der Waals surface area contributed by atoms with Crippen LogP contribution in [0.25, 0.3) is 0 Å². The molecule has 0 aliphatic carbocycles. The lowest BCUT2D eigenvalue weighted by molar-refractivity contribution is -0.106. The highest BCUT2D eigenvalue weighted by atomic mass is 19.1. The van der Waals surface area contributed by atoms with Gasteiger partial charge < -0.3 is 15.0 Å². The molecular weight excluding hydrogens is 272 g/mol. The average molecular weight is 295 g/mol. The van der Waals surface area contributed by atoms with Crippen molar-refractivity contribution in [1.82, 2.24) is 0 Å². The predicted molar refractivity (Wildman–Crippen MR) is 81.8 cm³/mol. The van der Waals surface area contributed by atoms with E-state index in [9.17, 15) is 4.39 Å². The summed E-state index contributed by atoms with van der Waals surface area (Å²) in [5, 5.41) is 0. The summed E-state index contributed by atoms with van der Waals surface area (Å²) in [6, 6.07) is 3.35. The molecule has 1 amide bonds. The van der Waals surface area contributed by atoms with Gasteiger partial charge in [0.15, 0.2) is 0 Å². The first kappa shape index (κ1) is 17.7. The van der Waals surface area contributed by atoms with Gasteiger partial charge in [0.1, 0.15) is 5.82 Å². The molecule has 1 aliphatic heterocycles. The van der Waals surface area contributed by atoms with E-state index in [2.05, 4.69) is 5.73 Å². The van der Waals surface area contributed by atoms with E-state index >= 15 is 0 Å². The summed E-state index contributed by atoms with van der Waals surface area (Å²) in [5.41, 5.74) is 5.79. The minimum absolute atomic E-state index is 0.217. The normalized spacial score (nSPS) is 18.9. The van der Waals surface area contributed by atoms with E-state index in [1.54, 1.807) is 6.92 Å². The molecule has 0 bridgehead atoms. The van der Waals surface area contributed by atoms with E-state index in [1.165, 1.54) is 6.07 Å². The molecule has 1 aromatic rings. The lowest BCUT2D eigenvalue weighted by Crippen LogP contribution is -2.41. The van der Waals surface area contributed by atoms with Gasteiger partial charge in [-0.1, -0.05) is 11.6 Å². The van der Waals surface area contributed by atoms with E-state index in [4.69, 9.17) is 14.1 Å². The Bertz CT molecular complexity index is 516. The number of amides is 1. The molecule has 0 radical (unpaired) electrons. The molecule has 1 heterocycles. The summed E-state index contributed by atoms with van der Waals surface area (Å²) in [6.07, 6.45) is 0.250. The first-order chi connectivity index (χ1) is 9.55. The number of primary amides is 1. The third kappa shape index (κ3) is 3.63. The molecule has 4 nitrogen and oxygen atoms in total. The van der Waals surface area contributed by atoms with E-state index in [-0.39, 0.29) is 12.2 Å². The number of hydrogen-bond acceptors (Lipinski definition) is 3. The number of benzene rings is 1. The molecule has 6 heteroatoms. The van der Waals surface area contributed by atoms with Gasteiger partial charge in [0.25, 0.3) is 0 Å². The maximum absolute atomic E-state index is 13.7. The van der Waals surface area contributed by atoms with Gasteiger partial charge in [-0.15, -0.1) is 0 Å². The summed E-state index contributed by atoms with van der Waals surface area (Å²) in [5.74, 6) is -0.217. The van der Waals surface area contributed by atoms with Gasteiger partial charge in [0.2, 0.25) is 6.41 Å². The molecule has 1 saturated heterocycles. The van der Waals surface area contributed by atoms with Crippen molar-refractivity contribution in [3.63, 3.8) is 0 Å². The van der Waals surface area contributed by atoms with Crippen LogP contribution < -0.4 is 11.2 Å². The zero-order chi connectivity index (χ0) is 16.4. The van der Waals surface area contributed by atoms with Gasteiger partial charge in [-0.2, -0.15) is 0 Å². The number of carbonyl (C=O) groups excluding carboxylic acids is 1. The minimum Gasteiger partial charge on any atom is -0.399 e. The molecule has 0 spiro atoms.